The molecule has 6 heteroatoms. The maximum Gasteiger partial charge on any atom is 0.225 e. The van der Waals surface area contributed by atoms with Gasteiger partial charge in [-0.15, -0.1) is 0 Å². The van der Waals surface area contributed by atoms with Crippen molar-refractivity contribution in [3.8, 4) is 0 Å². The molecule has 3 aromatic rings. The summed E-state index contributed by atoms with van der Waals surface area (Å²) in [5.74, 6) is 0.917. The number of hydrogen-bond acceptors (Lipinski definition) is 2. The fourth-order valence-electron chi connectivity index (χ4n) is 2.89. The van der Waals surface area contributed by atoms with Gasteiger partial charge >= 0.3 is 0 Å². The summed E-state index contributed by atoms with van der Waals surface area (Å²) >= 11 is 12.7. The Kier molecular flexibility index (Phi) is 5.78. The molecule has 0 bridgehead atoms. The highest BCUT2D eigenvalue weighted by Crippen LogP contribution is 2.27. The van der Waals surface area contributed by atoms with Crippen molar-refractivity contribution in [2.45, 2.75) is 33.7 Å². The summed E-state index contributed by atoms with van der Waals surface area (Å²) in [5, 5.41) is 4.25. The minimum atomic E-state index is -0.411. The summed E-state index contributed by atoms with van der Waals surface area (Å²) in [4.78, 5) is 16.9. The number of fused-ring (bicyclic) bond motifs is 1. The third kappa shape index (κ3) is 4.45. The van der Waals surface area contributed by atoms with Crippen LogP contribution in [-0.4, -0.2) is 22.0 Å². The summed E-state index contributed by atoms with van der Waals surface area (Å²) < 4.78 is 2.12. The Balaban J connectivity index is 1.89. The van der Waals surface area contributed by atoms with Crippen LogP contribution in [0.25, 0.3) is 11.0 Å². The second kappa shape index (κ2) is 7.91. The van der Waals surface area contributed by atoms with Gasteiger partial charge in [-0.1, -0.05) is 62.2 Å². The molecule has 0 spiro atoms. The predicted octanol–water partition coefficient (Wildman–Crippen LogP) is 5.10. The molecule has 142 valence electrons. The summed E-state index contributed by atoms with van der Waals surface area (Å²) in [6.45, 7) is 6.75. The van der Waals surface area contributed by atoms with Crippen molar-refractivity contribution in [3.63, 3.8) is 0 Å². The van der Waals surface area contributed by atoms with Crippen LogP contribution >= 0.6 is 23.2 Å². The number of nitrogens with zero attached hydrogens (tertiary/aromatic N) is 2. The number of imidazole rings is 1. The van der Waals surface area contributed by atoms with E-state index in [1.807, 2.05) is 63.2 Å². The van der Waals surface area contributed by atoms with Crippen LogP contribution < -0.4 is 5.32 Å². The molecule has 27 heavy (non-hydrogen) atoms. The largest absolute Gasteiger partial charge is 0.355 e. The van der Waals surface area contributed by atoms with E-state index in [0.717, 1.165) is 22.4 Å². The fraction of sp³-hybridized carbons (Fsp3) is 0.333. The van der Waals surface area contributed by atoms with Gasteiger partial charge in [-0.3, -0.25) is 4.79 Å². The van der Waals surface area contributed by atoms with Crippen LogP contribution in [0.2, 0.25) is 10.0 Å². The summed E-state index contributed by atoms with van der Waals surface area (Å²) in [7, 11) is 0. The van der Waals surface area contributed by atoms with Crippen molar-refractivity contribution in [2.24, 2.45) is 5.41 Å². The molecule has 0 fully saturated rings. The van der Waals surface area contributed by atoms with Gasteiger partial charge in [-0.25, -0.2) is 4.98 Å². The monoisotopic (exact) mass is 403 g/mol. The first-order chi connectivity index (χ1) is 12.8. The molecule has 0 saturated carbocycles. The molecule has 0 unspecified atom stereocenters. The van der Waals surface area contributed by atoms with Crippen molar-refractivity contribution in [1.82, 2.24) is 14.9 Å². The van der Waals surface area contributed by atoms with Gasteiger partial charge in [-0.2, -0.15) is 0 Å². The molecule has 3 rings (SSSR count). The third-order valence-electron chi connectivity index (χ3n) is 4.43. The Morgan fingerprint density at radius 2 is 1.74 bits per heavy atom. The van der Waals surface area contributed by atoms with Crippen molar-refractivity contribution in [3.05, 3.63) is 63.9 Å². The van der Waals surface area contributed by atoms with Crippen molar-refractivity contribution >= 4 is 40.1 Å². The number of carbonyl (C=O) groups excluding carboxylic acids is 1. The van der Waals surface area contributed by atoms with Crippen LogP contribution in [0.5, 0.6) is 0 Å². The molecule has 4 nitrogen and oxygen atoms in total. The number of hydrogen-bond donors (Lipinski definition) is 1. The number of benzene rings is 2. The van der Waals surface area contributed by atoms with Crippen molar-refractivity contribution in [1.29, 1.82) is 0 Å². The van der Waals surface area contributed by atoms with Gasteiger partial charge in [0.1, 0.15) is 5.82 Å². The van der Waals surface area contributed by atoms with E-state index < -0.39 is 5.41 Å². The molecule has 1 N–H and O–H groups in total. The zero-order valence-electron chi connectivity index (χ0n) is 15.7. The number of carbonyl (C=O) groups is 1. The Bertz CT molecular complexity index is 953. The molecule has 0 radical (unpaired) electrons. The van der Waals surface area contributed by atoms with Crippen LogP contribution in [0.15, 0.2) is 42.5 Å². The van der Waals surface area contributed by atoms with E-state index in [1.165, 1.54) is 0 Å². The van der Waals surface area contributed by atoms with Crippen molar-refractivity contribution < 1.29 is 4.79 Å². The Labute approximate surface area is 169 Å². The normalized spacial score (nSPS) is 11.7. The zero-order chi connectivity index (χ0) is 19.6. The highest BCUT2D eigenvalue weighted by molar-refractivity contribution is 6.36. The standard InChI is InChI=1S/C21H23Cl2N3O/c1-21(2,3)20(27)24-12-11-19-25-17-9-4-5-10-18(17)26(19)13-14-15(22)7-6-8-16(14)23/h4-10H,11-13H2,1-3H3,(H,24,27). The lowest BCUT2D eigenvalue weighted by atomic mass is 9.96. The molecular formula is C21H23Cl2N3O. The minimum absolute atomic E-state index is 0.0271. The Hall–Kier alpha value is -2.04. The molecular weight excluding hydrogens is 381 g/mol. The van der Waals surface area contributed by atoms with Gasteiger partial charge in [0.05, 0.1) is 17.6 Å². The Morgan fingerprint density at radius 1 is 1.07 bits per heavy atom. The number of para-hydroxylation sites is 2. The van der Waals surface area contributed by atoms with Gasteiger partial charge in [-0.05, 0) is 24.3 Å². The van der Waals surface area contributed by atoms with Crippen LogP contribution in [0.1, 0.15) is 32.2 Å². The molecule has 2 aromatic carbocycles. The molecule has 1 heterocycles. The summed E-state index contributed by atoms with van der Waals surface area (Å²) in [6, 6.07) is 13.5. The molecule has 0 aliphatic carbocycles. The number of amides is 1. The molecule has 0 atom stereocenters. The van der Waals surface area contributed by atoms with Gasteiger partial charge in [0.15, 0.2) is 0 Å². The van der Waals surface area contributed by atoms with E-state index in [4.69, 9.17) is 28.2 Å². The third-order valence-corrected chi connectivity index (χ3v) is 5.14. The topological polar surface area (TPSA) is 46.9 Å². The molecule has 0 aliphatic rings. The van der Waals surface area contributed by atoms with Crippen LogP contribution in [0, 0.1) is 5.41 Å². The smallest absolute Gasteiger partial charge is 0.225 e. The summed E-state index contributed by atoms with van der Waals surface area (Å²) in [5.41, 5.74) is 2.39. The minimum Gasteiger partial charge on any atom is -0.355 e. The lowest BCUT2D eigenvalue weighted by Crippen LogP contribution is -2.36. The SMILES string of the molecule is CC(C)(C)C(=O)NCCc1nc2ccccc2n1Cc1c(Cl)cccc1Cl. The molecule has 0 saturated heterocycles. The lowest BCUT2D eigenvalue weighted by molar-refractivity contribution is -0.128. The highest BCUT2D eigenvalue weighted by Gasteiger charge is 2.21. The van der Waals surface area contributed by atoms with Gasteiger partial charge in [0.2, 0.25) is 5.91 Å². The number of aromatic nitrogens is 2. The number of rotatable bonds is 5. The molecule has 1 amide bonds. The second-order valence-corrected chi connectivity index (χ2v) is 8.37. The van der Waals surface area contributed by atoms with E-state index in [2.05, 4.69) is 9.88 Å². The first-order valence-corrected chi connectivity index (χ1v) is 9.68. The van der Waals surface area contributed by atoms with Crippen molar-refractivity contribution in [2.75, 3.05) is 6.54 Å². The maximum atomic E-state index is 12.1. The zero-order valence-corrected chi connectivity index (χ0v) is 17.2. The van der Waals surface area contributed by atoms with Gasteiger partial charge in [0.25, 0.3) is 0 Å². The summed E-state index contributed by atoms with van der Waals surface area (Å²) in [6.07, 6.45) is 0.624. The highest BCUT2D eigenvalue weighted by atomic mass is 35.5. The Morgan fingerprint density at radius 3 is 2.41 bits per heavy atom. The van der Waals surface area contributed by atoms with E-state index in [1.54, 1.807) is 0 Å². The molecule has 0 aliphatic heterocycles. The number of nitrogens with one attached hydrogen (secondary N) is 1. The van der Waals surface area contributed by atoms with E-state index >= 15 is 0 Å². The van der Waals surface area contributed by atoms with E-state index in [9.17, 15) is 4.79 Å². The van der Waals surface area contributed by atoms with Crippen LogP contribution in [-0.2, 0) is 17.8 Å². The average Bonchev–Trinajstić information content (AvgIpc) is 2.95. The predicted molar refractivity (Wildman–Crippen MR) is 111 cm³/mol. The van der Waals surface area contributed by atoms with Crippen LogP contribution in [0.4, 0.5) is 0 Å². The molecule has 1 aromatic heterocycles. The maximum absolute atomic E-state index is 12.1. The average molecular weight is 404 g/mol. The number of halogens is 2. The lowest BCUT2D eigenvalue weighted by Gasteiger charge is -2.18. The van der Waals surface area contributed by atoms with Gasteiger partial charge < -0.3 is 9.88 Å². The first-order valence-electron chi connectivity index (χ1n) is 8.92. The van der Waals surface area contributed by atoms with Crippen LogP contribution in [0.3, 0.4) is 0 Å². The van der Waals surface area contributed by atoms with E-state index in [0.29, 0.717) is 29.6 Å². The fourth-order valence-corrected chi connectivity index (χ4v) is 3.40. The van der Waals surface area contributed by atoms with E-state index in [-0.39, 0.29) is 5.91 Å². The quantitative estimate of drug-likeness (QED) is 0.644. The second-order valence-electron chi connectivity index (χ2n) is 7.56. The first kappa shape index (κ1) is 19.7. The van der Waals surface area contributed by atoms with Gasteiger partial charge in [0, 0.05) is 34.0 Å².